The molecule has 0 radical (unpaired) electrons. The lowest BCUT2D eigenvalue weighted by atomic mass is 9.91. The number of imidazole rings is 4. The van der Waals surface area contributed by atoms with Gasteiger partial charge < -0.3 is 0 Å². The molecule has 4 aromatic heterocycles. The third kappa shape index (κ3) is 7.63. The molecule has 0 fully saturated rings. The molecule has 0 unspecified atom stereocenters. The van der Waals surface area contributed by atoms with Crippen LogP contribution in [0.5, 0.6) is 0 Å². The average Bonchev–Trinajstić information content (AvgIpc) is 4.21. The number of rotatable bonds is 0. The number of benzene rings is 8. The first kappa shape index (κ1) is 40.0. The van der Waals surface area contributed by atoms with Gasteiger partial charge in [-0.2, -0.15) is 0 Å². The molecule has 0 amide bonds. The maximum Gasteiger partial charge on any atom is 0.244 e. The van der Waals surface area contributed by atoms with Gasteiger partial charge in [-0.25, -0.2) is 36.5 Å². The van der Waals surface area contributed by atoms with E-state index in [-0.39, 0.29) is 0 Å². The highest BCUT2D eigenvalue weighted by Gasteiger charge is 2.21. The van der Waals surface area contributed by atoms with E-state index in [2.05, 4.69) is 257 Å². The Morgan fingerprint density at radius 1 is 0.265 bits per heavy atom. The van der Waals surface area contributed by atoms with Crippen molar-refractivity contribution in [3.8, 4) is 0 Å². The van der Waals surface area contributed by atoms with Gasteiger partial charge in [0.15, 0.2) is 0 Å². The summed E-state index contributed by atoms with van der Waals surface area (Å²) < 4.78 is 18.6. The molecule has 8 aromatic carbocycles. The van der Waals surface area contributed by atoms with Crippen LogP contribution in [0.4, 0.5) is 0 Å². The van der Waals surface area contributed by atoms with Crippen molar-refractivity contribution in [1.29, 1.82) is 0 Å². The Balaban J connectivity index is 0.883. The Bertz CT molecular complexity index is 3240. The van der Waals surface area contributed by atoms with E-state index in [1.165, 1.54) is 87.6 Å². The predicted octanol–water partition coefficient (Wildman–Crippen LogP) is 9.36. The molecule has 68 heavy (non-hydrogen) atoms. The van der Waals surface area contributed by atoms with Crippen LogP contribution in [-0.2, 0) is 52.4 Å². The Hall–Kier alpha value is -8.36. The van der Waals surface area contributed by atoms with Gasteiger partial charge in [-0.3, -0.25) is 0 Å². The maximum atomic E-state index is 2.36. The monoisotopic (exact) mass is 884 g/mol. The lowest BCUT2D eigenvalue weighted by Crippen LogP contribution is -2.33. The smallest absolute Gasteiger partial charge is 0.233 e. The number of hydrogen-bond donors (Lipinski definition) is 0. The van der Waals surface area contributed by atoms with E-state index in [0.717, 1.165) is 52.4 Å². The average molecular weight is 885 g/mol. The first-order chi connectivity index (χ1) is 33.6. The molecule has 12 aromatic rings. The second-order valence-corrected chi connectivity index (χ2v) is 18.8. The summed E-state index contributed by atoms with van der Waals surface area (Å²) >= 11 is 0. The van der Waals surface area contributed by atoms with Crippen molar-refractivity contribution in [2.24, 2.45) is 0 Å². The Labute approximate surface area is 395 Å². The second-order valence-electron chi connectivity index (χ2n) is 18.8. The zero-order valence-electron chi connectivity index (χ0n) is 38.0. The molecule has 13 rings (SSSR count). The van der Waals surface area contributed by atoms with Crippen molar-refractivity contribution in [2.45, 2.75) is 52.4 Å². The summed E-state index contributed by atoms with van der Waals surface area (Å²) in [5.74, 6) is 0. The van der Waals surface area contributed by atoms with Gasteiger partial charge in [0.2, 0.25) is 25.3 Å². The fourth-order valence-electron chi connectivity index (χ4n) is 11.0. The normalized spacial score (nSPS) is 13.4. The Morgan fingerprint density at radius 2 is 0.485 bits per heavy atom. The largest absolute Gasteiger partial charge is 0.244 e. The van der Waals surface area contributed by atoms with Crippen LogP contribution >= 0.6 is 0 Å². The first-order valence-electron chi connectivity index (χ1n) is 23.8. The fraction of sp³-hybridized carbons (Fsp3) is 0.133. The highest BCUT2D eigenvalue weighted by molar-refractivity contribution is 6.07. The highest BCUT2D eigenvalue weighted by Crippen LogP contribution is 2.36. The summed E-state index contributed by atoms with van der Waals surface area (Å²) in [4.78, 5) is 0. The summed E-state index contributed by atoms with van der Waals surface area (Å²) in [6.07, 6.45) is 26.7. The van der Waals surface area contributed by atoms with Crippen LogP contribution in [0, 0.1) is 0 Å². The second kappa shape index (κ2) is 16.8. The van der Waals surface area contributed by atoms with Crippen molar-refractivity contribution >= 4 is 43.1 Å². The molecule has 1 aliphatic heterocycles. The van der Waals surface area contributed by atoms with Crippen LogP contribution in [0.25, 0.3) is 43.1 Å². The molecule has 328 valence electrons. The topological polar surface area (TPSA) is 35.2 Å². The van der Waals surface area contributed by atoms with Gasteiger partial charge in [0, 0.05) is 22.3 Å². The summed E-state index contributed by atoms with van der Waals surface area (Å²) in [6.45, 7) is 6.33. The van der Waals surface area contributed by atoms with Crippen LogP contribution in [0.2, 0.25) is 0 Å². The molecule has 1 aliphatic rings. The molecule has 0 spiro atoms. The summed E-state index contributed by atoms with van der Waals surface area (Å²) in [6, 6.07) is 54.0. The fourth-order valence-corrected chi connectivity index (χ4v) is 11.0. The van der Waals surface area contributed by atoms with Crippen LogP contribution in [-0.4, -0.2) is 18.3 Å². The molecule has 0 N–H and O–H groups in total. The Morgan fingerprint density at radius 3 is 0.706 bits per heavy atom. The molecule has 0 aliphatic carbocycles. The molecular weight excluding hydrogens is 833 g/mol. The maximum absolute atomic E-state index is 2.36. The van der Waals surface area contributed by atoms with Gasteiger partial charge in [0.1, 0.15) is 102 Å². The molecule has 8 heteroatoms. The molecule has 5 heterocycles. The summed E-state index contributed by atoms with van der Waals surface area (Å²) in [7, 11) is 0. The van der Waals surface area contributed by atoms with Gasteiger partial charge in [-0.1, -0.05) is 133 Å². The minimum absolute atomic E-state index is 0.782. The molecule has 16 bridgehead atoms. The third-order valence-electron chi connectivity index (χ3n) is 14.1. The van der Waals surface area contributed by atoms with Crippen molar-refractivity contribution in [3.63, 3.8) is 0 Å². The van der Waals surface area contributed by atoms with E-state index >= 15 is 0 Å². The SMILES string of the molecule is c1cc2cc(c1)C[n+]1ccn(c1)Cc1c3ccccc3c(c3ccccc13)Cn1cc[n+](c1)Cc1cccc(c1)C[n+]1ccn(c1)Cc1c3ccccc3c(c3ccccc13)Cn1cc[n+](c1)C2. The number of nitrogens with zero attached hydrogens (tertiary/aromatic N) is 8. The number of fused-ring (bicyclic) bond motifs is 18. The van der Waals surface area contributed by atoms with E-state index in [9.17, 15) is 0 Å². The molecule has 8 nitrogen and oxygen atoms in total. The molecule has 0 atom stereocenters. The standard InChI is InChI=1S/C60H52N8/c1-2-16-50-49(15-1)57-37-65-27-23-61(41-65)33-45-11-9-13-47(31-45)35-63-25-29-67(43-63)39-59-53-19-5-7-21-55(53)60(56-22-8-6-20-54(56)59)40-68-30-26-64(44-68)36-48-14-10-12-46(32-48)34-62-24-28-66(42-62)38-58(50)52-18-4-3-17-51(52)57/h1-32,41-44H,33-40H2/q+4. The summed E-state index contributed by atoms with van der Waals surface area (Å²) in [5, 5.41) is 10.5. The number of aromatic nitrogens is 8. The van der Waals surface area contributed by atoms with Gasteiger partial charge in [-0.15, -0.1) is 0 Å². The predicted molar refractivity (Wildman–Crippen MR) is 267 cm³/mol. The van der Waals surface area contributed by atoms with Gasteiger partial charge in [0.25, 0.3) is 0 Å². The van der Waals surface area contributed by atoms with E-state index in [0.29, 0.717) is 0 Å². The van der Waals surface area contributed by atoms with Crippen LogP contribution in [0.15, 0.2) is 220 Å². The van der Waals surface area contributed by atoms with Crippen molar-refractivity contribution < 1.29 is 18.3 Å². The lowest BCUT2D eigenvalue weighted by Gasteiger charge is -2.15. The zero-order chi connectivity index (χ0) is 45.0. The third-order valence-corrected chi connectivity index (χ3v) is 14.1. The van der Waals surface area contributed by atoms with E-state index in [1.54, 1.807) is 0 Å². The number of hydrogen-bond acceptors (Lipinski definition) is 0. The first-order valence-corrected chi connectivity index (χ1v) is 23.8. The van der Waals surface area contributed by atoms with Crippen LogP contribution < -0.4 is 18.3 Å². The van der Waals surface area contributed by atoms with Crippen LogP contribution in [0.1, 0.15) is 44.5 Å². The zero-order valence-corrected chi connectivity index (χ0v) is 38.0. The minimum atomic E-state index is 0.782. The molecule has 0 saturated carbocycles. The van der Waals surface area contributed by atoms with Crippen LogP contribution in [0.3, 0.4) is 0 Å². The van der Waals surface area contributed by atoms with E-state index in [1.807, 2.05) is 0 Å². The minimum Gasteiger partial charge on any atom is -0.233 e. The van der Waals surface area contributed by atoms with Crippen molar-refractivity contribution in [1.82, 2.24) is 18.3 Å². The van der Waals surface area contributed by atoms with E-state index in [4.69, 9.17) is 0 Å². The van der Waals surface area contributed by atoms with Crippen molar-refractivity contribution in [2.75, 3.05) is 0 Å². The lowest BCUT2D eigenvalue weighted by molar-refractivity contribution is -0.689. The van der Waals surface area contributed by atoms with Gasteiger partial charge in [-0.05, 0) is 77.5 Å². The Kier molecular flexibility index (Phi) is 9.88. The van der Waals surface area contributed by atoms with Crippen molar-refractivity contribution in [3.05, 3.63) is 265 Å². The van der Waals surface area contributed by atoms with E-state index < -0.39 is 0 Å². The van der Waals surface area contributed by atoms with Gasteiger partial charge in [0.05, 0.1) is 0 Å². The van der Waals surface area contributed by atoms with Gasteiger partial charge >= 0.3 is 0 Å². The molecular formula is C60H52N8+4. The molecule has 0 saturated heterocycles. The quantitative estimate of drug-likeness (QED) is 0.108. The summed E-state index contributed by atoms with van der Waals surface area (Å²) in [5.41, 5.74) is 10.5. The highest BCUT2D eigenvalue weighted by atomic mass is 15.1.